The first-order valence-electron chi connectivity index (χ1n) is 9.87. The van der Waals surface area contributed by atoms with Crippen molar-refractivity contribution in [1.82, 2.24) is 19.9 Å². The van der Waals surface area contributed by atoms with E-state index < -0.39 is 0 Å². The van der Waals surface area contributed by atoms with Crippen LogP contribution in [0.1, 0.15) is 18.4 Å². The number of carbonyl (C=O) groups is 1. The van der Waals surface area contributed by atoms with Gasteiger partial charge in [0, 0.05) is 56.2 Å². The number of urea groups is 1. The van der Waals surface area contributed by atoms with E-state index >= 15 is 0 Å². The molecular formula is C22H23N5O3. The highest BCUT2D eigenvalue weighted by atomic mass is 16.5. The fraction of sp³-hybridized carbons (Fsp3) is 0.273. The molecule has 8 heteroatoms. The van der Waals surface area contributed by atoms with Crippen LogP contribution in [0, 0.1) is 0 Å². The Hall–Kier alpha value is -3.52. The maximum absolute atomic E-state index is 13.0. The summed E-state index contributed by atoms with van der Waals surface area (Å²) in [4.78, 5) is 27.0. The van der Waals surface area contributed by atoms with Crippen molar-refractivity contribution in [2.24, 2.45) is 0 Å². The predicted molar refractivity (Wildman–Crippen MR) is 111 cm³/mol. The van der Waals surface area contributed by atoms with E-state index in [4.69, 9.17) is 9.47 Å². The van der Waals surface area contributed by atoms with Crippen molar-refractivity contribution in [3.05, 3.63) is 72.8 Å². The summed E-state index contributed by atoms with van der Waals surface area (Å²) >= 11 is 0. The van der Waals surface area contributed by atoms with Crippen molar-refractivity contribution < 1.29 is 14.3 Å². The van der Waals surface area contributed by atoms with Crippen molar-refractivity contribution in [2.75, 3.05) is 18.5 Å². The number of amides is 2. The fourth-order valence-corrected chi connectivity index (χ4v) is 3.25. The van der Waals surface area contributed by atoms with Crippen LogP contribution < -0.4 is 10.1 Å². The Bertz CT molecular complexity index is 949. The SMILES string of the molecule is O=C(Nc1cccc(Oc2ncccn2)c1)N(Cc1cccnc1)CC1CCCO1. The van der Waals surface area contributed by atoms with E-state index in [9.17, 15) is 4.79 Å². The molecule has 1 aliphatic rings. The molecule has 2 amide bonds. The number of hydrogen-bond acceptors (Lipinski definition) is 6. The first kappa shape index (κ1) is 19.8. The highest BCUT2D eigenvalue weighted by Crippen LogP contribution is 2.22. The number of pyridine rings is 1. The third kappa shape index (κ3) is 5.51. The average molecular weight is 405 g/mol. The molecule has 1 aromatic carbocycles. The normalized spacial score (nSPS) is 15.5. The number of anilines is 1. The average Bonchev–Trinajstić information content (AvgIpc) is 3.28. The zero-order valence-electron chi connectivity index (χ0n) is 16.5. The van der Waals surface area contributed by atoms with Crippen LogP contribution in [0.4, 0.5) is 10.5 Å². The topological polar surface area (TPSA) is 89.5 Å². The summed E-state index contributed by atoms with van der Waals surface area (Å²) in [7, 11) is 0. The molecule has 0 bridgehead atoms. The summed E-state index contributed by atoms with van der Waals surface area (Å²) in [6.45, 7) is 1.72. The number of hydrogen-bond donors (Lipinski definition) is 1. The molecule has 3 aromatic rings. The minimum absolute atomic E-state index is 0.0531. The van der Waals surface area contributed by atoms with E-state index in [1.807, 2.05) is 18.2 Å². The number of nitrogens with zero attached hydrogens (tertiary/aromatic N) is 4. The molecule has 1 aliphatic heterocycles. The molecular weight excluding hydrogens is 382 g/mol. The highest BCUT2D eigenvalue weighted by molar-refractivity contribution is 5.89. The molecule has 0 spiro atoms. The molecule has 1 fully saturated rings. The van der Waals surface area contributed by atoms with Crippen LogP contribution in [-0.4, -0.2) is 45.1 Å². The number of carbonyl (C=O) groups excluding carboxylic acids is 1. The quantitative estimate of drug-likeness (QED) is 0.642. The van der Waals surface area contributed by atoms with Crippen molar-refractivity contribution in [3.8, 4) is 11.8 Å². The Morgan fingerprint density at radius 1 is 1.17 bits per heavy atom. The molecule has 3 heterocycles. The van der Waals surface area contributed by atoms with Gasteiger partial charge in [0.25, 0.3) is 0 Å². The lowest BCUT2D eigenvalue weighted by Crippen LogP contribution is -2.39. The molecule has 1 saturated heterocycles. The van der Waals surface area contributed by atoms with Crippen LogP contribution in [0.15, 0.2) is 67.3 Å². The first-order chi connectivity index (χ1) is 14.8. The lowest BCUT2D eigenvalue weighted by atomic mass is 10.2. The van der Waals surface area contributed by atoms with E-state index in [0.717, 1.165) is 25.0 Å². The minimum atomic E-state index is -0.206. The van der Waals surface area contributed by atoms with Crippen molar-refractivity contribution in [1.29, 1.82) is 0 Å². The van der Waals surface area contributed by atoms with Crippen LogP contribution in [0.25, 0.3) is 0 Å². The largest absolute Gasteiger partial charge is 0.424 e. The summed E-state index contributed by atoms with van der Waals surface area (Å²) in [5.41, 5.74) is 1.58. The lowest BCUT2D eigenvalue weighted by molar-refractivity contribution is 0.0819. The Labute approximate surface area is 174 Å². The highest BCUT2D eigenvalue weighted by Gasteiger charge is 2.23. The standard InChI is InChI=1S/C22H23N5O3/c28-22(26-18-6-1-7-19(13-18)30-21-24-10-4-11-25-21)27(16-20-8-3-12-29-20)15-17-5-2-9-23-14-17/h1-2,4-7,9-11,13-14,20H,3,8,12,15-16H2,(H,26,28). The van der Waals surface area contributed by atoms with Crippen molar-refractivity contribution >= 4 is 11.7 Å². The molecule has 4 rings (SSSR count). The van der Waals surface area contributed by atoms with Gasteiger partial charge in [-0.1, -0.05) is 12.1 Å². The number of aromatic nitrogens is 3. The van der Waals surface area contributed by atoms with Gasteiger partial charge in [0.05, 0.1) is 6.10 Å². The van der Waals surface area contributed by atoms with E-state index in [0.29, 0.717) is 24.5 Å². The van der Waals surface area contributed by atoms with Gasteiger partial charge in [0.1, 0.15) is 5.75 Å². The fourth-order valence-electron chi connectivity index (χ4n) is 3.25. The lowest BCUT2D eigenvalue weighted by Gasteiger charge is -2.26. The summed E-state index contributed by atoms with van der Waals surface area (Å²) < 4.78 is 11.4. The molecule has 1 N–H and O–H groups in total. The monoisotopic (exact) mass is 405 g/mol. The van der Waals surface area contributed by atoms with Gasteiger partial charge in [0.2, 0.25) is 0 Å². The number of nitrogens with one attached hydrogen (secondary N) is 1. The second kappa shape index (κ2) is 9.80. The molecule has 0 aliphatic carbocycles. The van der Waals surface area contributed by atoms with Gasteiger partial charge >= 0.3 is 12.0 Å². The summed E-state index contributed by atoms with van der Waals surface area (Å²) in [6, 6.07) is 12.7. The van der Waals surface area contributed by atoms with Crippen molar-refractivity contribution in [2.45, 2.75) is 25.5 Å². The Balaban J connectivity index is 1.45. The van der Waals surface area contributed by atoms with E-state index in [2.05, 4.69) is 20.3 Å². The Kier molecular flexibility index (Phi) is 6.46. The van der Waals surface area contributed by atoms with E-state index in [1.165, 1.54) is 0 Å². The maximum atomic E-state index is 13.0. The van der Waals surface area contributed by atoms with Gasteiger partial charge in [0.15, 0.2) is 0 Å². The number of ether oxygens (including phenoxy) is 2. The predicted octanol–water partition coefficient (Wildman–Crippen LogP) is 3.88. The first-order valence-corrected chi connectivity index (χ1v) is 9.87. The summed E-state index contributed by atoms with van der Waals surface area (Å²) in [5, 5.41) is 2.95. The summed E-state index contributed by atoms with van der Waals surface area (Å²) in [6.07, 6.45) is 8.73. The van der Waals surface area contributed by atoms with E-state index in [-0.39, 0.29) is 18.1 Å². The van der Waals surface area contributed by atoms with Crippen LogP contribution in [-0.2, 0) is 11.3 Å². The smallest absolute Gasteiger partial charge is 0.322 e. The van der Waals surface area contributed by atoms with Gasteiger partial charge in [-0.3, -0.25) is 4.98 Å². The molecule has 2 aromatic heterocycles. The van der Waals surface area contributed by atoms with Gasteiger partial charge < -0.3 is 19.7 Å². The second-order valence-electron chi connectivity index (χ2n) is 6.97. The Morgan fingerprint density at radius 3 is 2.83 bits per heavy atom. The molecule has 154 valence electrons. The van der Waals surface area contributed by atoms with Gasteiger partial charge in [-0.05, 0) is 42.7 Å². The zero-order valence-corrected chi connectivity index (χ0v) is 16.5. The molecule has 30 heavy (non-hydrogen) atoms. The molecule has 1 unspecified atom stereocenters. The van der Waals surface area contributed by atoms with E-state index in [1.54, 1.807) is 54.0 Å². The summed E-state index contributed by atoms with van der Waals surface area (Å²) in [5.74, 6) is 0.539. The van der Waals surface area contributed by atoms with Gasteiger partial charge in [-0.2, -0.15) is 0 Å². The molecule has 0 saturated carbocycles. The maximum Gasteiger partial charge on any atom is 0.322 e. The third-order valence-electron chi connectivity index (χ3n) is 4.67. The molecule has 0 radical (unpaired) electrons. The Morgan fingerprint density at radius 2 is 2.07 bits per heavy atom. The van der Waals surface area contributed by atoms with Crippen LogP contribution in [0.3, 0.4) is 0 Å². The minimum Gasteiger partial charge on any atom is -0.424 e. The number of benzene rings is 1. The molecule has 8 nitrogen and oxygen atoms in total. The third-order valence-corrected chi connectivity index (χ3v) is 4.67. The van der Waals surface area contributed by atoms with Crippen LogP contribution in [0.2, 0.25) is 0 Å². The van der Waals surface area contributed by atoms with Gasteiger partial charge in [-0.15, -0.1) is 0 Å². The van der Waals surface area contributed by atoms with Crippen molar-refractivity contribution in [3.63, 3.8) is 0 Å². The second-order valence-corrected chi connectivity index (χ2v) is 6.97. The van der Waals surface area contributed by atoms with Gasteiger partial charge in [-0.25, -0.2) is 14.8 Å². The number of rotatable bonds is 7. The van der Waals surface area contributed by atoms with Crippen LogP contribution >= 0.6 is 0 Å². The zero-order chi connectivity index (χ0) is 20.6. The molecule has 1 atom stereocenters. The van der Waals surface area contributed by atoms with Crippen LogP contribution in [0.5, 0.6) is 11.8 Å².